The minimum Gasteiger partial charge on any atom is -0.329 e. The lowest BCUT2D eigenvalue weighted by Gasteiger charge is -2.35. The molecule has 1 aromatic heterocycles. The van der Waals surface area contributed by atoms with E-state index in [0.717, 1.165) is 41.9 Å². The molecule has 0 unspecified atom stereocenters. The number of sulfonamides is 1. The predicted molar refractivity (Wildman–Crippen MR) is 120 cm³/mol. The molecule has 0 saturated carbocycles. The van der Waals surface area contributed by atoms with Crippen LogP contribution in [-0.4, -0.2) is 31.3 Å². The maximum absolute atomic E-state index is 13.3. The molecule has 2 aromatic carbocycles. The number of rotatable bonds is 5. The van der Waals surface area contributed by atoms with Crippen molar-refractivity contribution in [1.29, 1.82) is 0 Å². The molecule has 0 bridgehead atoms. The van der Waals surface area contributed by atoms with E-state index < -0.39 is 10.0 Å². The van der Waals surface area contributed by atoms with Crippen LogP contribution in [0.1, 0.15) is 36.4 Å². The molecule has 0 radical (unpaired) electrons. The van der Waals surface area contributed by atoms with Crippen LogP contribution in [0.4, 0.5) is 11.5 Å². The van der Waals surface area contributed by atoms with E-state index in [2.05, 4.69) is 4.98 Å². The average molecular weight is 422 g/mol. The van der Waals surface area contributed by atoms with Crippen LogP contribution in [0.5, 0.6) is 0 Å². The van der Waals surface area contributed by atoms with Gasteiger partial charge in [0.1, 0.15) is 5.82 Å². The minimum atomic E-state index is -3.55. The van der Waals surface area contributed by atoms with E-state index in [-0.39, 0.29) is 6.04 Å². The van der Waals surface area contributed by atoms with Crippen LogP contribution in [0.3, 0.4) is 0 Å². The Bertz CT molecular complexity index is 1080. The zero-order valence-electron chi connectivity index (χ0n) is 17.4. The van der Waals surface area contributed by atoms with Gasteiger partial charge in [0.05, 0.1) is 10.9 Å². The van der Waals surface area contributed by atoms with Crippen molar-refractivity contribution >= 4 is 21.5 Å². The summed E-state index contributed by atoms with van der Waals surface area (Å²) in [4.78, 5) is 7.01. The van der Waals surface area contributed by atoms with Crippen LogP contribution in [0.15, 0.2) is 77.8 Å². The summed E-state index contributed by atoms with van der Waals surface area (Å²) in [5.41, 5.74) is 3.04. The Morgan fingerprint density at radius 1 is 0.967 bits per heavy atom. The number of hydrogen-bond donors (Lipinski definition) is 0. The second-order valence-electron chi connectivity index (χ2n) is 7.78. The van der Waals surface area contributed by atoms with Crippen molar-refractivity contribution in [2.24, 2.45) is 0 Å². The number of para-hydroxylation sites is 1. The zero-order chi connectivity index (χ0) is 21.1. The monoisotopic (exact) mass is 421 g/mol. The lowest BCUT2D eigenvalue weighted by molar-refractivity contribution is 0.255. The van der Waals surface area contributed by atoms with Gasteiger partial charge in [0.15, 0.2) is 0 Å². The molecule has 4 rings (SSSR count). The number of nitrogens with zero attached hydrogens (tertiary/aromatic N) is 3. The van der Waals surface area contributed by atoms with Crippen molar-refractivity contribution in [3.05, 3.63) is 84.1 Å². The van der Waals surface area contributed by atoms with E-state index in [1.165, 1.54) is 0 Å². The molecule has 0 aliphatic carbocycles. The van der Waals surface area contributed by atoms with Gasteiger partial charge in [-0.25, -0.2) is 13.4 Å². The molecule has 30 heavy (non-hydrogen) atoms. The quantitative estimate of drug-likeness (QED) is 0.577. The van der Waals surface area contributed by atoms with Gasteiger partial charge in [-0.05, 0) is 55.7 Å². The Hall–Kier alpha value is -2.70. The fourth-order valence-corrected chi connectivity index (χ4v) is 5.63. The van der Waals surface area contributed by atoms with Crippen LogP contribution in [0.2, 0.25) is 0 Å². The largest absolute Gasteiger partial charge is 0.329 e. The first-order valence-corrected chi connectivity index (χ1v) is 11.7. The van der Waals surface area contributed by atoms with Crippen LogP contribution < -0.4 is 4.90 Å². The van der Waals surface area contributed by atoms with Gasteiger partial charge in [-0.2, -0.15) is 4.31 Å². The first kappa shape index (κ1) is 20.6. The van der Waals surface area contributed by atoms with E-state index in [1.807, 2.05) is 79.7 Å². The fraction of sp³-hybridized carbons (Fsp3) is 0.292. The molecule has 1 fully saturated rings. The SMILES string of the molecule is Cc1ccc(S(=O)(=O)N2CCCC[C@@H]2c2ccc(N(C)c3ccccc3)nc2)cc1. The van der Waals surface area contributed by atoms with Gasteiger partial charge >= 0.3 is 0 Å². The highest BCUT2D eigenvalue weighted by atomic mass is 32.2. The highest BCUT2D eigenvalue weighted by Gasteiger charge is 2.34. The van der Waals surface area contributed by atoms with Gasteiger partial charge in [0.2, 0.25) is 10.0 Å². The van der Waals surface area contributed by atoms with Gasteiger partial charge in [0, 0.05) is 25.5 Å². The molecule has 6 heteroatoms. The predicted octanol–water partition coefficient (Wildman–Crippen LogP) is 5.07. The molecule has 5 nitrogen and oxygen atoms in total. The van der Waals surface area contributed by atoms with Crippen LogP contribution in [0.25, 0.3) is 0 Å². The van der Waals surface area contributed by atoms with Gasteiger partial charge in [-0.3, -0.25) is 0 Å². The third-order valence-electron chi connectivity index (χ3n) is 5.72. The van der Waals surface area contributed by atoms with Gasteiger partial charge < -0.3 is 4.90 Å². The third-order valence-corrected chi connectivity index (χ3v) is 7.65. The first-order chi connectivity index (χ1) is 14.5. The summed E-state index contributed by atoms with van der Waals surface area (Å²) in [6.07, 6.45) is 4.52. The Labute approximate surface area is 179 Å². The standard InChI is InChI=1S/C24H27N3O2S/c1-19-11-14-22(15-12-19)30(28,29)27-17-7-6-10-23(27)20-13-16-24(25-18-20)26(2)21-8-4-3-5-9-21/h3-5,8-9,11-16,18,23H,6-7,10,17H2,1-2H3/t23-/m1/s1. The number of pyridine rings is 1. The van der Waals surface area contributed by atoms with Gasteiger partial charge in [-0.1, -0.05) is 48.4 Å². The minimum absolute atomic E-state index is 0.186. The summed E-state index contributed by atoms with van der Waals surface area (Å²) in [5, 5.41) is 0. The highest BCUT2D eigenvalue weighted by Crippen LogP contribution is 2.36. The van der Waals surface area contributed by atoms with Crippen molar-refractivity contribution in [2.75, 3.05) is 18.5 Å². The summed E-state index contributed by atoms with van der Waals surface area (Å²) in [5.74, 6) is 0.828. The molecule has 3 aromatic rings. The number of aromatic nitrogens is 1. The lowest BCUT2D eigenvalue weighted by atomic mass is 9.99. The van der Waals surface area contributed by atoms with E-state index in [1.54, 1.807) is 16.4 Å². The van der Waals surface area contributed by atoms with Gasteiger partial charge in [0.25, 0.3) is 0 Å². The smallest absolute Gasteiger partial charge is 0.243 e. The van der Waals surface area contributed by atoms with Crippen LogP contribution in [-0.2, 0) is 10.0 Å². The van der Waals surface area contributed by atoms with Gasteiger partial charge in [-0.15, -0.1) is 0 Å². The summed E-state index contributed by atoms with van der Waals surface area (Å²) >= 11 is 0. The number of benzene rings is 2. The first-order valence-electron chi connectivity index (χ1n) is 10.3. The van der Waals surface area contributed by atoms with E-state index in [0.29, 0.717) is 11.4 Å². The third kappa shape index (κ3) is 4.11. The Morgan fingerprint density at radius 3 is 2.37 bits per heavy atom. The molecule has 1 aliphatic heterocycles. The molecule has 156 valence electrons. The normalized spacial score (nSPS) is 17.6. The molecule has 0 spiro atoms. The second-order valence-corrected chi connectivity index (χ2v) is 9.68. The van der Waals surface area contributed by atoms with Crippen molar-refractivity contribution in [1.82, 2.24) is 9.29 Å². The lowest BCUT2D eigenvalue weighted by Crippen LogP contribution is -2.38. The summed E-state index contributed by atoms with van der Waals surface area (Å²) in [6, 6.07) is 20.9. The number of piperidine rings is 1. The van der Waals surface area contributed by atoms with Crippen molar-refractivity contribution < 1.29 is 8.42 Å². The topological polar surface area (TPSA) is 53.5 Å². The summed E-state index contributed by atoms with van der Waals surface area (Å²) in [6.45, 7) is 2.49. The molecular weight excluding hydrogens is 394 g/mol. The molecule has 0 amide bonds. The van der Waals surface area contributed by atoms with Crippen LogP contribution in [0, 0.1) is 6.92 Å². The average Bonchev–Trinajstić information content (AvgIpc) is 2.79. The van der Waals surface area contributed by atoms with Crippen molar-refractivity contribution in [3.8, 4) is 0 Å². The van der Waals surface area contributed by atoms with Crippen molar-refractivity contribution in [3.63, 3.8) is 0 Å². The fourth-order valence-electron chi connectivity index (χ4n) is 3.95. The molecule has 1 atom stereocenters. The zero-order valence-corrected chi connectivity index (χ0v) is 18.2. The Morgan fingerprint density at radius 2 is 1.70 bits per heavy atom. The number of aryl methyl sites for hydroxylation is 1. The van der Waals surface area contributed by atoms with Crippen molar-refractivity contribution in [2.45, 2.75) is 37.1 Å². The number of hydrogen-bond acceptors (Lipinski definition) is 4. The molecular formula is C24H27N3O2S. The molecule has 2 heterocycles. The Balaban J connectivity index is 1.61. The molecule has 1 aliphatic rings. The Kier molecular flexibility index (Phi) is 5.88. The maximum Gasteiger partial charge on any atom is 0.243 e. The molecule has 1 saturated heterocycles. The summed E-state index contributed by atoms with van der Waals surface area (Å²) in [7, 11) is -1.57. The van der Waals surface area contributed by atoms with E-state index >= 15 is 0 Å². The highest BCUT2D eigenvalue weighted by molar-refractivity contribution is 7.89. The van der Waals surface area contributed by atoms with E-state index in [9.17, 15) is 8.42 Å². The molecule has 0 N–H and O–H groups in total. The number of anilines is 2. The summed E-state index contributed by atoms with van der Waals surface area (Å²) < 4.78 is 28.3. The second kappa shape index (κ2) is 8.58. The maximum atomic E-state index is 13.3. The van der Waals surface area contributed by atoms with E-state index in [4.69, 9.17) is 0 Å². The van der Waals surface area contributed by atoms with Crippen LogP contribution >= 0.6 is 0 Å².